The number of carbonyl (C=O) groups excluding carboxylic acids is 3. The smallest absolute Gasteiger partial charge is 0.233 e. The molecule has 3 aliphatic rings. The molecule has 3 amide bonds. The lowest BCUT2D eigenvalue weighted by Gasteiger charge is -2.19. The highest BCUT2D eigenvalue weighted by atomic mass is 16.2. The fraction of sp³-hybridized carbons (Fsp3) is 0.550. The summed E-state index contributed by atoms with van der Waals surface area (Å²) in [6.45, 7) is 4.10. The van der Waals surface area contributed by atoms with E-state index in [0.29, 0.717) is 11.8 Å². The standard InChI is InChI=1S/C20H24N2O3/c1-11-4-3-5-12(2)18(11)21-15(23)8-9-22-19(24)16-13-6-7-14(10-13)17(16)20(22)25/h3-5,13-14,16-17H,6-10H2,1-2H3,(H,21,23)/t13-,14+,16-,17-/m0/s1. The Bertz CT molecular complexity index is 709. The van der Waals surface area contributed by atoms with Gasteiger partial charge in [-0.3, -0.25) is 19.3 Å². The lowest BCUT2D eigenvalue weighted by atomic mass is 9.81. The van der Waals surface area contributed by atoms with Crippen molar-refractivity contribution in [3.05, 3.63) is 29.3 Å². The highest BCUT2D eigenvalue weighted by Gasteiger charge is 2.60. The van der Waals surface area contributed by atoms with E-state index in [9.17, 15) is 14.4 Å². The van der Waals surface area contributed by atoms with Gasteiger partial charge in [0, 0.05) is 18.7 Å². The lowest BCUT2D eigenvalue weighted by molar-refractivity contribution is -0.140. The highest BCUT2D eigenvalue weighted by Crippen LogP contribution is 2.56. The number of nitrogens with one attached hydrogen (secondary N) is 1. The van der Waals surface area contributed by atoms with Crippen LogP contribution in [0.4, 0.5) is 5.69 Å². The van der Waals surface area contributed by atoms with Crippen LogP contribution in [0, 0.1) is 37.5 Å². The van der Waals surface area contributed by atoms with E-state index in [4.69, 9.17) is 0 Å². The number of amides is 3. The number of imide groups is 1. The molecule has 1 heterocycles. The molecular weight excluding hydrogens is 316 g/mol. The molecule has 2 aliphatic carbocycles. The molecule has 2 saturated carbocycles. The lowest BCUT2D eigenvalue weighted by Crippen LogP contribution is -2.35. The van der Waals surface area contributed by atoms with Crippen LogP contribution in [0.25, 0.3) is 0 Å². The van der Waals surface area contributed by atoms with Crippen molar-refractivity contribution in [2.24, 2.45) is 23.7 Å². The molecule has 0 radical (unpaired) electrons. The summed E-state index contributed by atoms with van der Waals surface area (Å²) in [7, 11) is 0. The Balaban J connectivity index is 1.39. The summed E-state index contributed by atoms with van der Waals surface area (Å²) in [5.41, 5.74) is 2.84. The van der Waals surface area contributed by atoms with Crippen LogP contribution < -0.4 is 5.32 Å². The fourth-order valence-corrected chi connectivity index (χ4v) is 5.12. The number of carbonyl (C=O) groups is 3. The Morgan fingerprint density at radius 1 is 1.08 bits per heavy atom. The minimum atomic E-state index is -0.155. The zero-order valence-corrected chi connectivity index (χ0v) is 14.7. The van der Waals surface area contributed by atoms with Crippen molar-refractivity contribution in [2.75, 3.05) is 11.9 Å². The Morgan fingerprint density at radius 3 is 2.20 bits per heavy atom. The number of para-hydroxylation sites is 1. The molecule has 1 aliphatic heterocycles. The first-order valence-electron chi connectivity index (χ1n) is 9.18. The van der Waals surface area contributed by atoms with Crippen LogP contribution in [0.5, 0.6) is 0 Å². The SMILES string of the molecule is Cc1cccc(C)c1NC(=O)CCN1C(=O)[C@H]2[C@@H]3CC[C@@H](C3)[C@@H]2C1=O. The number of benzene rings is 1. The van der Waals surface area contributed by atoms with Gasteiger partial charge in [0.25, 0.3) is 0 Å². The molecule has 3 fully saturated rings. The fourth-order valence-electron chi connectivity index (χ4n) is 5.12. The van der Waals surface area contributed by atoms with Gasteiger partial charge < -0.3 is 5.32 Å². The van der Waals surface area contributed by atoms with E-state index in [1.165, 1.54) is 4.90 Å². The normalized spacial score (nSPS) is 30.1. The molecule has 1 aromatic rings. The predicted octanol–water partition coefficient (Wildman–Crippen LogP) is 2.66. The Morgan fingerprint density at radius 2 is 1.64 bits per heavy atom. The van der Waals surface area contributed by atoms with Crippen molar-refractivity contribution in [3.63, 3.8) is 0 Å². The molecule has 2 bridgehead atoms. The third kappa shape index (κ3) is 2.57. The third-order valence-electron chi connectivity index (χ3n) is 6.33. The topological polar surface area (TPSA) is 66.5 Å². The summed E-state index contributed by atoms with van der Waals surface area (Å²) in [6, 6.07) is 5.86. The predicted molar refractivity (Wildman–Crippen MR) is 93.7 cm³/mol. The molecule has 1 saturated heterocycles. The maximum atomic E-state index is 12.6. The van der Waals surface area contributed by atoms with Crippen LogP contribution >= 0.6 is 0 Å². The molecule has 132 valence electrons. The summed E-state index contributed by atoms with van der Waals surface area (Å²) in [4.78, 5) is 38.9. The number of rotatable bonds is 4. The molecule has 0 aromatic heterocycles. The molecule has 4 rings (SSSR count). The van der Waals surface area contributed by atoms with E-state index in [-0.39, 0.29) is 42.5 Å². The minimum absolute atomic E-state index is 0.0397. The van der Waals surface area contributed by atoms with Gasteiger partial charge in [-0.05, 0) is 56.1 Å². The molecule has 4 atom stereocenters. The number of aryl methyl sites for hydroxylation is 2. The largest absolute Gasteiger partial charge is 0.326 e. The minimum Gasteiger partial charge on any atom is -0.326 e. The molecule has 0 spiro atoms. The number of likely N-dealkylation sites (tertiary alicyclic amines) is 1. The molecule has 1 aromatic carbocycles. The van der Waals surface area contributed by atoms with Crippen LogP contribution in [-0.4, -0.2) is 29.2 Å². The number of fused-ring (bicyclic) bond motifs is 5. The van der Waals surface area contributed by atoms with E-state index in [0.717, 1.165) is 36.1 Å². The summed E-state index contributed by atoms with van der Waals surface area (Å²) in [5.74, 6) is 0.336. The Hall–Kier alpha value is -2.17. The van der Waals surface area contributed by atoms with Crippen LogP contribution in [0.15, 0.2) is 18.2 Å². The van der Waals surface area contributed by atoms with Gasteiger partial charge in [-0.15, -0.1) is 0 Å². The molecular formula is C20H24N2O3. The van der Waals surface area contributed by atoms with Crippen molar-refractivity contribution in [1.82, 2.24) is 4.90 Å². The summed E-state index contributed by atoms with van der Waals surface area (Å²) >= 11 is 0. The first kappa shape index (κ1) is 16.3. The van der Waals surface area contributed by atoms with E-state index in [1.807, 2.05) is 32.0 Å². The van der Waals surface area contributed by atoms with Gasteiger partial charge in [-0.25, -0.2) is 0 Å². The number of hydrogen-bond donors (Lipinski definition) is 1. The highest BCUT2D eigenvalue weighted by molar-refractivity contribution is 6.06. The summed E-state index contributed by atoms with van der Waals surface area (Å²) < 4.78 is 0. The average molecular weight is 340 g/mol. The third-order valence-corrected chi connectivity index (χ3v) is 6.33. The van der Waals surface area contributed by atoms with Gasteiger partial charge in [0.05, 0.1) is 11.8 Å². The zero-order valence-electron chi connectivity index (χ0n) is 14.7. The van der Waals surface area contributed by atoms with E-state index in [1.54, 1.807) is 0 Å². The van der Waals surface area contributed by atoms with E-state index < -0.39 is 0 Å². The monoisotopic (exact) mass is 340 g/mol. The number of hydrogen-bond acceptors (Lipinski definition) is 3. The van der Waals surface area contributed by atoms with Crippen molar-refractivity contribution in [3.8, 4) is 0 Å². The maximum Gasteiger partial charge on any atom is 0.233 e. The van der Waals surface area contributed by atoms with Crippen molar-refractivity contribution >= 4 is 23.4 Å². The first-order chi connectivity index (χ1) is 12.0. The second-order valence-electron chi connectivity index (χ2n) is 7.78. The van der Waals surface area contributed by atoms with Gasteiger partial charge in [0.2, 0.25) is 17.7 Å². The quantitative estimate of drug-likeness (QED) is 0.857. The second-order valence-corrected chi connectivity index (χ2v) is 7.78. The van der Waals surface area contributed by atoms with Crippen molar-refractivity contribution in [2.45, 2.75) is 39.5 Å². The van der Waals surface area contributed by atoms with Gasteiger partial charge in [0.15, 0.2) is 0 Å². The van der Waals surface area contributed by atoms with Crippen LogP contribution in [-0.2, 0) is 14.4 Å². The second kappa shape index (κ2) is 5.97. The zero-order chi connectivity index (χ0) is 17.7. The maximum absolute atomic E-state index is 12.6. The van der Waals surface area contributed by atoms with E-state index >= 15 is 0 Å². The Labute approximate surface area is 147 Å². The summed E-state index contributed by atoms with van der Waals surface area (Å²) in [5, 5.41) is 2.92. The van der Waals surface area contributed by atoms with Crippen LogP contribution in [0.3, 0.4) is 0 Å². The van der Waals surface area contributed by atoms with Gasteiger partial charge >= 0.3 is 0 Å². The van der Waals surface area contributed by atoms with Crippen molar-refractivity contribution < 1.29 is 14.4 Å². The Kier molecular flexibility index (Phi) is 3.89. The van der Waals surface area contributed by atoms with Gasteiger partial charge in [-0.1, -0.05) is 18.2 Å². The van der Waals surface area contributed by atoms with Crippen LogP contribution in [0.2, 0.25) is 0 Å². The number of anilines is 1. The van der Waals surface area contributed by atoms with E-state index in [2.05, 4.69) is 5.32 Å². The molecule has 0 unspecified atom stereocenters. The average Bonchev–Trinajstić information content (AvgIpc) is 3.24. The molecule has 5 heteroatoms. The first-order valence-corrected chi connectivity index (χ1v) is 9.18. The molecule has 5 nitrogen and oxygen atoms in total. The molecule has 1 N–H and O–H groups in total. The molecule has 25 heavy (non-hydrogen) atoms. The van der Waals surface area contributed by atoms with Crippen LogP contribution in [0.1, 0.15) is 36.8 Å². The number of nitrogens with zero attached hydrogens (tertiary/aromatic N) is 1. The van der Waals surface area contributed by atoms with Crippen molar-refractivity contribution in [1.29, 1.82) is 0 Å². The summed E-state index contributed by atoms with van der Waals surface area (Å²) in [6.07, 6.45) is 3.34. The van der Waals surface area contributed by atoms with Gasteiger partial charge in [0.1, 0.15) is 0 Å². The van der Waals surface area contributed by atoms with Gasteiger partial charge in [-0.2, -0.15) is 0 Å².